The van der Waals surface area contributed by atoms with Gasteiger partial charge in [-0.05, 0) is 42.2 Å². The molecule has 0 aliphatic carbocycles. The Morgan fingerprint density at radius 1 is 1.43 bits per heavy atom. The van der Waals surface area contributed by atoms with Crippen molar-refractivity contribution in [1.29, 1.82) is 0 Å². The number of rotatable bonds is 5. The summed E-state index contributed by atoms with van der Waals surface area (Å²) < 4.78 is 0. The van der Waals surface area contributed by atoms with E-state index >= 15 is 0 Å². The predicted molar refractivity (Wildman–Crippen MR) is 86.9 cm³/mol. The Morgan fingerprint density at radius 3 is 3.00 bits per heavy atom. The van der Waals surface area contributed by atoms with Crippen molar-refractivity contribution in [3.8, 4) is 0 Å². The first-order valence-electron chi connectivity index (χ1n) is 6.24. The largest absolute Gasteiger partial charge is 0.273 e. The Bertz CT molecular complexity index is 647. The minimum absolute atomic E-state index is 0.195. The van der Waals surface area contributed by atoms with Crippen LogP contribution in [0.4, 0.5) is 0 Å². The summed E-state index contributed by atoms with van der Waals surface area (Å²) in [6.07, 6.45) is 5.37. The number of thioether (sulfide) groups is 1. The number of pyridine rings is 1. The molecule has 0 aliphatic heterocycles. The Morgan fingerprint density at radius 2 is 2.29 bits per heavy atom. The van der Waals surface area contributed by atoms with Crippen molar-refractivity contribution in [2.45, 2.75) is 11.3 Å². The maximum absolute atomic E-state index is 11.9. The summed E-state index contributed by atoms with van der Waals surface area (Å²) in [5.41, 5.74) is 4.06. The molecule has 0 aliphatic rings. The van der Waals surface area contributed by atoms with E-state index in [1.54, 1.807) is 30.1 Å². The second kappa shape index (κ2) is 7.81. The molecular formula is C15H14ClN3OS. The minimum Gasteiger partial charge on any atom is -0.273 e. The fraction of sp³-hybridized carbons (Fsp3) is 0.133. The third-order valence-electron chi connectivity index (χ3n) is 2.67. The molecule has 0 atom stereocenters. The van der Waals surface area contributed by atoms with Gasteiger partial charge in [-0.3, -0.25) is 9.78 Å². The van der Waals surface area contributed by atoms with Crippen molar-refractivity contribution in [1.82, 2.24) is 10.4 Å². The lowest BCUT2D eigenvalue weighted by atomic mass is 10.1. The van der Waals surface area contributed by atoms with Crippen LogP contribution in [0.1, 0.15) is 11.3 Å². The highest BCUT2D eigenvalue weighted by atomic mass is 35.5. The lowest BCUT2D eigenvalue weighted by Crippen LogP contribution is -2.20. The number of aromatic nitrogens is 1. The Kier molecular flexibility index (Phi) is 5.78. The summed E-state index contributed by atoms with van der Waals surface area (Å²) >= 11 is 7.54. The molecule has 0 radical (unpaired) electrons. The number of carbonyl (C=O) groups excluding carboxylic acids is 1. The molecule has 21 heavy (non-hydrogen) atoms. The molecule has 1 aromatic heterocycles. The summed E-state index contributed by atoms with van der Waals surface area (Å²) in [5, 5.41) is 4.51. The number of hydrogen-bond acceptors (Lipinski definition) is 4. The van der Waals surface area contributed by atoms with Gasteiger partial charge in [-0.2, -0.15) is 5.10 Å². The van der Waals surface area contributed by atoms with Gasteiger partial charge >= 0.3 is 0 Å². The summed E-state index contributed by atoms with van der Waals surface area (Å²) in [6, 6.07) is 11.0. The van der Waals surface area contributed by atoms with Gasteiger partial charge in [0.25, 0.3) is 0 Å². The van der Waals surface area contributed by atoms with Crippen LogP contribution in [0.15, 0.2) is 52.6 Å². The molecule has 4 nitrogen and oxygen atoms in total. The van der Waals surface area contributed by atoms with Crippen LogP contribution in [-0.2, 0) is 11.2 Å². The van der Waals surface area contributed by atoms with E-state index in [4.69, 9.17) is 11.6 Å². The van der Waals surface area contributed by atoms with E-state index in [0.29, 0.717) is 10.7 Å². The van der Waals surface area contributed by atoms with E-state index in [9.17, 15) is 4.79 Å². The second-order valence-electron chi connectivity index (χ2n) is 4.18. The van der Waals surface area contributed by atoms with Gasteiger partial charge in [-0.1, -0.05) is 17.7 Å². The van der Waals surface area contributed by atoms with Gasteiger partial charge in [0, 0.05) is 16.1 Å². The van der Waals surface area contributed by atoms with Crippen LogP contribution < -0.4 is 5.43 Å². The van der Waals surface area contributed by atoms with Crippen molar-refractivity contribution in [3.05, 3.63) is 58.9 Å². The molecule has 1 heterocycles. The van der Waals surface area contributed by atoms with Crippen molar-refractivity contribution in [2.75, 3.05) is 6.26 Å². The zero-order valence-electron chi connectivity index (χ0n) is 11.4. The van der Waals surface area contributed by atoms with Gasteiger partial charge in [0.05, 0.1) is 18.3 Å². The first kappa shape index (κ1) is 15.5. The van der Waals surface area contributed by atoms with Crippen LogP contribution in [0.25, 0.3) is 0 Å². The first-order chi connectivity index (χ1) is 10.2. The smallest absolute Gasteiger partial charge is 0.244 e. The van der Waals surface area contributed by atoms with E-state index in [2.05, 4.69) is 15.5 Å². The third-order valence-corrected chi connectivity index (χ3v) is 3.74. The van der Waals surface area contributed by atoms with Crippen LogP contribution >= 0.6 is 23.4 Å². The van der Waals surface area contributed by atoms with Crippen LogP contribution in [0, 0.1) is 0 Å². The Balaban J connectivity index is 1.96. The van der Waals surface area contributed by atoms with Gasteiger partial charge in [0.1, 0.15) is 0 Å². The summed E-state index contributed by atoms with van der Waals surface area (Å²) in [4.78, 5) is 17.0. The topological polar surface area (TPSA) is 54.4 Å². The highest BCUT2D eigenvalue weighted by Crippen LogP contribution is 2.24. The minimum atomic E-state index is -0.195. The molecule has 1 aromatic carbocycles. The van der Waals surface area contributed by atoms with Gasteiger partial charge in [-0.15, -0.1) is 11.8 Å². The number of nitrogens with zero attached hydrogens (tertiary/aromatic N) is 2. The Labute approximate surface area is 132 Å². The molecule has 0 fully saturated rings. The SMILES string of the molecule is CSc1ccc(Cl)cc1CC(=O)N/N=C\c1ccccn1. The Hall–Kier alpha value is -1.85. The van der Waals surface area contributed by atoms with Crippen LogP contribution in [0.3, 0.4) is 0 Å². The predicted octanol–water partition coefficient (Wildman–Crippen LogP) is 3.15. The zero-order chi connectivity index (χ0) is 15.1. The lowest BCUT2D eigenvalue weighted by molar-refractivity contribution is -0.120. The van der Waals surface area contributed by atoms with Crippen LogP contribution in [0.5, 0.6) is 0 Å². The van der Waals surface area contributed by atoms with E-state index in [-0.39, 0.29) is 12.3 Å². The van der Waals surface area contributed by atoms with Crippen LogP contribution in [-0.4, -0.2) is 23.4 Å². The fourth-order valence-corrected chi connectivity index (χ4v) is 2.51. The summed E-state index contributed by atoms with van der Waals surface area (Å²) in [6.45, 7) is 0. The van der Waals surface area contributed by atoms with Crippen molar-refractivity contribution < 1.29 is 4.79 Å². The van der Waals surface area contributed by atoms with Gasteiger partial charge in [-0.25, -0.2) is 5.43 Å². The standard InChI is InChI=1S/C15H14ClN3OS/c1-21-14-6-5-12(16)8-11(14)9-15(20)19-18-10-13-4-2-3-7-17-13/h2-8,10H,9H2,1H3,(H,19,20)/b18-10-. The number of amides is 1. The van der Waals surface area contributed by atoms with Crippen molar-refractivity contribution >= 4 is 35.5 Å². The molecule has 0 unspecified atom stereocenters. The molecule has 1 N–H and O–H groups in total. The monoisotopic (exact) mass is 319 g/mol. The second-order valence-corrected chi connectivity index (χ2v) is 5.47. The summed E-state index contributed by atoms with van der Waals surface area (Å²) in [7, 11) is 0. The van der Waals surface area contributed by atoms with Crippen molar-refractivity contribution in [3.63, 3.8) is 0 Å². The third kappa shape index (κ3) is 4.88. The zero-order valence-corrected chi connectivity index (χ0v) is 13.0. The highest BCUT2D eigenvalue weighted by molar-refractivity contribution is 7.98. The average molecular weight is 320 g/mol. The molecule has 108 valence electrons. The van der Waals surface area contributed by atoms with Gasteiger partial charge < -0.3 is 0 Å². The first-order valence-corrected chi connectivity index (χ1v) is 7.84. The van der Waals surface area contributed by atoms with E-state index < -0.39 is 0 Å². The fourth-order valence-electron chi connectivity index (χ4n) is 1.72. The van der Waals surface area contributed by atoms with Crippen molar-refractivity contribution in [2.24, 2.45) is 5.10 Å². The maximum atomic E-state index is 11.9. The molecule has 0 saturated heterocycles. The highest BCUT2D eigenvalue weighted by Gasteiger charge is 2.07. The molecular weight excluding hydrogens is 306 g/mol. The molecule has 1 amide bonds. The molecule has 0 bridgehead atoms. The average Bonchev–Trinajstić information content (AvgIpc) is 2.48. The quantitative estimate of drug-likeness (QED) is 0.523. The van der Waals surface area contributed by atoms with Gasteiger partial charge in [0.15, 0.2) is 0 Å². The molecule has 6 heteroatoms. The number of hydrazone groups is 1. The number of benzene rings is 1. The molecule has 0 spiro atoms. The van der Waals surface area contributed by atoms with Gasteiger partial charge in [0.2, 0.25) is 5.91 Å². The number of carbonyl (C=O) groups is 1. The lowest BCUT2D eigenvalue weighted by Gasteiger charge is -2.06. The van der Waals surface area contributed by atoms with E-state index in [0.717, 1.165) is 10.5 Å². The maximum Gasteiger partial charge on any atom is 0.244 e. The normalized spacial score (nSPS) is 10.8. The summed E-state index contributed by atoms with van der Waals surface area (Å²) in [5.74, 6) is -0.195. The molecule has 2 rings (SSSR count). The molecule has 2 aromatic rings. The molecule has 0 saturated carbocycles. The number of nitrogens with one attached hydrogen (secondary N) is 1. The van der Waals surface area contributed by atoms with Crippen LogP contribution in [0.2, 0.25) is 5.02 Å². The number of hydrogen-bond donors (Lipinski definition) is 1. The number of halogens is 1. The van der Waals surface area contributed by atoms with E-state index in [1.165, 1.54) is 6.21 Å². The van der Waals surface area contributed by atoms with E-state index in [1.807, 2.05) is 30.5 Å².